The third kappa shape index (κ3) is 5.95. The lowest BCUT2D eigenvalue weighted by Crippen LogP contribution is -2.25. The molecule has 58 heavy (non-hydrogen) atoms. The number of aromatic nitrogens is 6. The van der Waals surface area contributed by atoms with E-state index in [9.17, 15) is 8.78 Å². The van der Waals surface area contributed by atoms with Gasteiger partial charge in [0, 0.05) is 71.8 Å². The Hall–Kier alpha value is -7.86. The Morgan fingerprint density at radius 2 is 0.776 bits per heavy atom. The number of rotatable bonds is 6. The van der Waals surface area contributed by atoms with Crippen molar-refractivity contribution in [2.75, 3.05) is 0 Å². The molecule has 0 saturated carbocycles. The van der Waals surface area contributed by atoms with E-state index in [0.717, 1.165) is 44.5 Å². The molecule has 0 spiro atoms. The molecule has 0 bridgehead atoms. The van der Waals surface area contributed by atoms with Gasteiger partial charge in [-0.25, -0.2) is 38.7 Å². The molecule has 2 aliphatic rings. The minimum atomic E-state index is -0.962. The van der Waals surface area contributed by atoms with E-state index in [1.807, 2.05) is 84.9 Å². The minimum Gasteiger partial charge on any atom is -0.383 e. The van der Waals surface area contributed by atoms with Crippen LogP contribution in [0.3, 0.4) is 0 Å². The molecule has 8 aromatic rings. The molecule has 2 unspecified atom stereocenters. The van der Waals surface area contributed by atoms with Crippen molar-refractivity contribution in [2.45, 2.75) is 11.1 Å². The van der Waals surface area contributed by atoms with Crippen molar-refractivity contribution in [1.29, 1.82) is 0 Å². The van der Waals surface area contributed by atoms with E-state index in [-0.39, 0.29) is 23.3 Å². The van der Waals surface area contributed by atoms with Gasteiger partial charge in [-0.2, -0.15) is 0 Å². The molecule has 0 radical (unpaired) electrons. The third-order valence-corrected chi connectivity index (χ3v) is 10.4. The average Bonchev–Trinajstić information content (AvgIpc) is 3.78. The zero-order valence-electron chi connectivity index (χ0n) is 30.7. The second-order valence-electron chi connectivity index (χ2n) is 13.6. The molecule has 0 fully saturated rings. The van der Waals surface area contributed by atoms with Crippen LogP contribution in [0.25, 0.3) is 22.3 Å². The topological polar surface area (TPSA) is 154 Å². The first-order valence-electron chi connectivity index (χ1n) is 18.2. The van der Waals surface area contributed by atoms with Gasteiger partial charge < -0.3 is 11.5 Å². The van der Waals surface area contributed by atoms with Crippen molar-refractivity contribution < 1.29 is 8.78 Å². The van der Waals surface area contributed by atoms with Gasteiger partial charge in [-0.15, -0.1) is 0 Å². The van der Waals surface area contributed by atoms with Crippen LogP contribution in [0.2, 0.25) is 0 Å². The molecule has 6 heterocycles. The predicted octanol–water partition coefficient (Wildman–Crippen LogP) is 7.38. The lowest BCUT2D eigenvalue weighted by molar-refractivity contribution is 0.615. The van der Waals surface area contributed by atoms with Gasteiger partial charge >= 0.3 is 0 Å². The standard InChI is InChI=1S/2C23H16FN5/c2*24-20-6-2-5-19-21(20)22(25)29-23(19,17-7-9-26-10-8-17)18-4-1-3-15(11-18)16-12-27-14-28-13-16/h2*1-14H,(H2,25,29). The zero-order valence-corrected chi connectivity index (χ0v) is 30.7. The Labute approximate surface area is 331 Å². The molecule has 10 nitrogen and oxygen atoms in total. The fraction of sp³-hybridized carbons (Fsp3) is 0.0435. The van der Waals surface area contributed by atoms with Gasteiger partial charge in [0.1, 0.15) is 47.0 Å². The van der Waals surface area contributed by atoms with Gasteiger partial charge in [0.2, 0.25) is 0 Å². The molecule has 280 valence electrons. The fourth-order valence-corrected chi connectivity index (χ4v) is 7.91. The van der Waals surface area contributed by atoms with Crippen molar-refractivity contribution in [3.8, 4) is 22.3 Å². The SMILES string of the molecule is NC1=NC(c2ccncc2)(c2cccc(-c3cncnc3)c2)c2cccc(F)c21.NC1=NC(c2ccncc2)(c2cccc(-c3cncnc3)c2)c2cccc(F)c21. The van der Waals surface area contributed by atoms with Gasteiger partial charge in [-0.1, -0.05) is 60.7 Å². The van der Waals surface area contributed by atoms with Crippen molar-refractivity contribution >= 4 is 11.7 Å². The predicted molar refractivity (Wildman–Crippen MR) is 217 cm³/mol. The summed E-state index contributed by atoms with van der Waals surface area (Å²) in [4.78, 5) is 34.3. The van der Waals surface area contributed by atoms with E-state index in [0.29, 0.717) is 22.3 Å². The summed E-state index contributed by atoms with van der Waals surface area (Å²) in [7, 11) is 0. The molecule has 0 amide bonds. The Bertz CT molecular complexity index is 2640. The lowest BCUT2D eigenvalue weighted by atomic mass is 9.77. The average molecular weight is 763 g/mol. The van der Waals surface area contributed by atoms with E-state index >= 15 is 0 Å². The van der Waals surface area contributed by atoms with Crippen LogP contribution in [0.5, 0.6) is 0 Å². The summed E-state index contributed by atoms with van der Waals surface area (Å²) in [5.74, 6) is -0.397. The second kappa shape index (κ2) is 14.7. The number of hydrogen-bond acceptors (Lipinski definition) is 10. The summed E-state index contributed by atoms with van der Waals surface area (Å²) in [5.41, 5.74) is 19.7. The van der Waals surface area contributed by atoms with E-state index in [1.54, 1.807) is 61.7 Å². The van der Waals surface area contributed by atoms with Crippen molar-refractivity contribution in [2.24, 2.45) is 21.5 Å². The highest BCUT2D eigenvalue weighted by Gasteiger charge is 2.45. The number of halogens is 2. The highest BCUT2D eigenvalue weighted by atomic mass is 19.1. The number of nitrogens with two attached hydrogens (primary N) is 2. The van der Waals surface area contributed by atoms with Crippen LogP contribution in [0, 0.1) is 11.6 Å². The van der Waals surface area contributed by atoms with Gasteiger partial charge in [-0.05, 0) is 81.9 Å². The molecule has 10 rings (SSSR count). The largest absolute Gasteiger partial charge is 0.383 e. The first-order chi connectivity index (χ1) is 28.4. The zero-order chi connectivity index (χ0) is 39.7. The van der Waals surface area contributed by atoms with Crippen LogP contribution in [0.4, 0.5) is 8.78 Å². The van der Waals surface area contributed by atoms with Crippen molar-refractivity contribution in [3.05, 3.63) is 228 Å². The first-order valence-corrected chi connectivity index (χ1v) is 18.2. The summed E-state index contributed by atoms with van der Waals surface area (Å²) >= 11 is 0. The van der Waals surface area contributed by atoms with Gasteiger partial charge in [0.25, 0.3) is 0 Å². The molecule has 0 saturated heterocycles. The number of amidine groups is 2. The van der Waals surface area contributed by atoms with Gasteiger partial charge in [-0.3, -0.25) is 9.97 Å². The van der Waals surface area contributed by atoms with Crippen LogP contribution < -0.4 is 11.5 Å². The van der Waals surface area contributed by atoms with Crippen molar-refractivity contribution in [1.82, 2.24) is 29.9 Å². The number of hydrogen-bond donors (Lipinski definition) is 2. The van der Waals surface area contributed by atoms with Crippen LogP contribution in [0.1, 0.15) is 44.5 Å². The third-order valence-electron chi connectivity index (χ3n) is 10.4. The highest BCUT2D eigenvalue weighted by molar-refractivity contribution is 6.04. The molecule has 2 aliphatic heterocycles. The number of benzene rings is 4. The maximum absolute atomic E-state index is 14.7. The highest BCUT2D eigenvalue weighted by Crippen LogP contribution is 2.48. The number of nitrogens with zero attached hydrogens (tertiary/aromatic N) is 8. The monoisotopic (exact) mass is 762 g/mol. The molecule has 4 aromatic carbocycles. The molecule has 4 aromatic heterocycles. The molecular formula is C46H32F2N10. The minimum absolute atomic E-state index is 0.184. The van der Waals surface area contributed by atoms with Gasteiger partial charge in [0.05, 0.1) is 11.1 Å². The lowest BCUT2D eigenvalue weighted by Gasteiger charge is -2.29. The first kappa shape index (κ1) is 35.8. The van der Waals surface area contributed by atoms with Crippen LogP contribution >= 0.6 is 0 Å². The summed E-state index contributed by atoms with van der Waals surface area (Å²) in [6, 6.07) is 33.3. The Balaban J connectivity index is 0.000000150. The molecular weight excluding hydrogens is 731 g/mol. The summed E-state index contributed by atoms with van der Waals surface area (Å²) in [5, 5.41) is 0. The quantitative estimate of drug-likeness (QED) is 0.178. The van der Waals surface area contributed by atoms with Crippen LogP contribution in [0.15, 0.2) is 181 Å². The maximum atomic E-state index is 14.7. The van der Waals surface area contributed by atoms with Crippen LogP contribution in [-0.4, -0.2) is 41.6 Å². The van der Waals surface area contributed by atoms with Crippen LogP contribution in [-0.2, 0) is 11.1 Å². The van der Waals surface area contributed by atoms with Crippen molar-refractivity contribution in [3.63, 3.8) is 0 Å². The summed E-state index contributed by atoms with van der Waals surface area (Å²) in [6.07, 6.45) is 16.8. The Kier molecular flexibility index (Phi) is 9.05. The molecule has 4 N–H and O–H groups in total. The smallest absolute Gasteiger partial charge is 0.139 e. The molecule has 0 aliphatic carbocycles. The van der Waals surface area contributed by atoms with E-state index in [1.165, 1.54) is 24.8 Å². The number of fused-ring (bicyclic) bond motifs is 2. The summed E-state index contributed by atoms with van der Waals surface area (Å²) in [6.45, 7) is 0. The van der Waals surface area contributed by atoms with E-state index in [4.69, 9.17) is 21.5 Å². The normalized spacial score (nSPS) is 17.6. The summed E-state index contributed by atoms with van der Waals surface area (Å²) < 4.78 is 29.3. The second-order valence-corrected chi connectivity index (χ2v) is 13.6. The fourth-order valence-electron chi connectivity index (χ4n) is 7.91. The Morgan fingerprint density at radius 3 is 1.17 bits per heavy atom. The Morgan fingerprint density at radius 1 is 0.397 bits per heavy atom. The van der Waals surface area contributed by atoms with Gasteiger partial charge in [0.15, 0.2) is 0 Å². The van der Waals surface area contributed by atoms with E-state index < -0.39 is 11.1 Å². The molecule has 2 atom stereocenters. The number of pyridine rings is 2. The van der Waals surface area contributed by atoms with E-state index in [2.05, 4.69) is 29.9 Å². The number of aliphatic imine (C=N–C) groups is 2. The molecule has 12 heteroatoms. The maximum Gasteiger partial charge on any atom is 0.139 e.